The van der Waals surface area contributed by atoms with Crippen molar-refractivity contribution in [1.29, 1.82) is 0 Å². The minimum Gasteiger partial charge on any atom is -0.491 e. The number of para-hydroxylation sites is 1. The van der Waals surface area contributed by atoms with Gasteiger partial charge in [0.05, 0.1) is 17.3 Å². The molecule has 0 unspecified atom stereocenters. The van der Waals surface area contributed by atoms with Gasteiger partial charge in [-0.25, -0.2) is 8.42 Å². The molecule has 6 nitrogen and oxygen atoms in total. The maximum atomic E-state index is 13.0. The zero-order chi connectivity index (χ0) is 24.9. The predicted octanol–water partition coefficient (Wildman–Crippen LogP) is 5.69. The molecule has 1 amide bonds. The molecular formula is C26H29ClN2O4S. The van der Waals surface area contributed by atoms with Crippen LogP contribution in [0.1, 0.15) is 46.8 Å². The lowest BCUT2D eigenvalue weighted by molar-refractivity contribution is 0.0946. The molecule has 0 aliphatic carbocycles. The Morgan fingerprint density at radius 3 is 2.50 bits per heavy atom. The fourth-order valence-corrected chi connectivity index (χ4v) is 5.08. The Labute approximate surface area is 206 Å². The van der Waals surface area contributed by atoms with Gasteiger partial charge >= 0.3 is 0 Å². The summed E-state index contributed by atoms with van der Waals surface area (Å²) in [6.45, 7) is 8.45. The molecule has 0 spiro atoms. The Bertz CT molecular complexity index is 1290. The van der Waals surface area contributed by atoms with Gasteiger partial charge in [-0.15, -0.1) is 0 Å². The predicted molar refractivity (Wildman–Crippen MR) is 137 cm³/mol. The Morgan fingerprint density at radius 2 is 1.76 bits per heavy atom. The lowest BCUT2D eigenvalue weighted by Gasteiger charge is -2.15. The third-order valence-corrected chi connectivity index (χ3v) is 7.37. The van der Waals surface area contributed by atoms with Crippen molar-refractivity contribution in [2.24, 2.45) is 0 Å². The molecule has 0 fully saturated rings. The number of ether oxygens (including phenoxy) is 1. The number of anilines is 1. The zero-order valence-electron chi connectivity index (χ0n) is 19.7. The summed E-state index contributed by atoms with van der Waals surface area (Å²) in [5, 5.41) is 2.79. The average Bonchev–Trinajstić information content (AvgIpc) is 2.80. The van der Waals surface area contributed by atoms with Gasteiger partial charge in [-0.05, 0) is 66.8 Å². The van der Waals surface area contributed by atoms with Crippen LogP contribution in [0.3, 0.4) is 0 Å². The van der Waals surface area contributed by atoms with Crippen LogP contribution in [0.4, 0.5) is 5.69 Å². The van der Waals surface area contributed by atoms with E-state index >= 15 is 0 Å². The van der Waals surface area contributed by atoms with Crippen LogP contribution < -0.4 is 14.8 Å². The van der Waals surface area contributed by atoms with Crippen molar-refractivity contribution in [2.75, 3.05) is 17.9 Å². The summed E-state index contributed by atoms with van der Waals surface area (Å²) in [6.07, 6.45) is 0. The summed E-state index contributed by atoms with van der Waals surface area (Å²) in [4.78, 5) is 12.5. The molecule has 0 atom stereocenters. The van der Waals surface area contributed by atoms with E-state index in [1.54, 1.807) is 12.1 Å². The molecule has 3 aromatic rings. The van der Waals surface area contributed by atoms with Crippen LogP contribution in [0.2, 0.25) is 5.02 Å². The number of benzene rings is 3. The number of hydrogen-bond acceptors (Lipinski definition) is 4. The maximum Gasteiger partial charge on any atom is 0.263 e. The van der Waals surface area contributed by atoms with Crippen LogP contribution >= 0.6 is 11.6 Å². The molecule has 0 saturated heterocycles. The summed E-state index contributed by atoms with van der Waals surface area (Å²) < 4.78 is 34.4. The van der Waals surface area contributed by atoms with E-state index in [0.717, 1.165) is 22.4 Å². The van der Waals surface area contributed by atoms with Crippen LogP contribution in [0, 0.1) is 13.8 Å². The van der Waals surface area contributed by atoms with Gasteiger partial charge in [-0.3, -0.25) is 9.52 Å². The van der Waals surface area contributed by atoms with Crippen LogP contribution in [-0.4, -0.2) is 27.5 Å². The number of nitrogens with one attached hydrogen (secondary N) is 2. The highest BCUT2D eigenvalue weighted by Crippen LogP contribution is 2.28. The number of halogens is 1. The first-order valence-corrected chi connectivity index (χ1v) is 12.8. The first-order chi connectivity index (χ1) is 16.1. The van der Waals surface area contributed by atoms with Crippen LogP contribution in [0.5, 0.6) is 5.75 Å². The molecule has 0 aliphatic heterocycles. The third kappa shape index (κ3) is 6.10. The molecule has 0 radical (unpaired) electrons. The molecule has 3 rings (SSSR count). The Balaban J connectivity index is 1.68. The number of amides is 1. The average molecular weight is 501 g/mol. The molecule has 0 aliphatic rings. The summed E-state index contributed by atoms with van der Waals surface area (Å²) in [6, 6.07) is 17.3. The van der Waals surface area contributed by atoms with Gasteiger partial charge in [-0.1, -0.05) is 55.8 Å². The van der Waals surface area contributed by atoms with E-state index in [2.05, 4.69) is 23.9 Å². The molecule has 0 aromatic heterocycles. The highest BCUT2D eigenvalue weighted by Gasteiger charge is 2.21. The van der Waals surface area contributed by atoms with E-state index in [1.165, 1.54) is 18.2 Å². The molecule has 180 valence electrons. The third-order valence-electron chi connectivity index (χ3n) is 5.52. The Morgan fingerprint density at radius 1 is 1.03 bits per heavy atom. The second-order valence-electron chi connectivity index (χ2n) is 8.30. The van der Waals surface area contributed by atoms with E-state index in [-0.39, 0.29) is 28.6 Å². The highest BCUT2D eigenvalue weighted by atomic mass is 35.5. The summed E-state index contributed by atoms with van der Waals surface area (Å²) >= 11 is 6.19. The van der Waals surface area contributed by atoms with Crippen molar-refractivity contribution in [3.05, 3.63) is 87.9 Å². The van der Waals surface area contributed by atoms with Crippen molar-refractivity contribution in [3.63, 3.8) is 0 Å². The fraction of sp³-hybridized carbons (Fsp3) is 0.269. The molecule has 8 heteroatoms. The molecule has 0 bridgehead atoms. The van der Waals surface area contributed by atoms with Gasteiger partial charge in [-0.2, -0.15) is 0 Å². The largest absolute Gasteiger partial charge is 0.491 e. The smallest absolute Gasteiger partial charge is 0.263 e. The minimum atomic E-state index is -4.00. The molecule has 3 aromatic carbocycles. The fourth-order valence-electron chi connectivity index (χ4n) is 3.43. The van der Waals surface area contributed by atoms with E-state index in [9.17, 15) is 13.2 Å². The van der Waals surface area contributed by atoms with Crippen LogP contribution in [0.15, 0.2) is 65.6 Å². The number of aryl methyl sites for hydroxylation is 1. The topological polar surface area (TPSA) is 84.5 Å². The van der Waals surface area contributed by atoms with Gasteiger partial charge in [0.2, 0.25) is 0 Å². The van der Waals surface area contributed by atoms with Crippen LogP contribution in [-0.2, 0) is 10.0 Å². The lowest BCUT2D eigenvalue weighted by atomic mass is 10.0. The van der Waals surface area contributed by atoms with Gasteiger partial charge in [0.25, 0.3) is 15.9 Å². The zero-order valence-corrected chi connectivity index (χ0v) is 21.3. The van der Waals surface area contributed by atoms with E-state index in [1.807, 2.05) is 44.2 Å². The van der Waals surface area contributed by atoms with Gasteiger partial charge in [0, 0.05) is 5.56 Å². The minimum absolute atomic E-state index is 0.0305. The molecule has 34 heavy (non-hydrogen) atoms. The standard InChI is InChI=1S/C26H29ClN2O4S/c1-17(2)21-9-5-6-11-24(21)33-15-14-28-26(30)20-12-13-22(27)25(16-20)34(31,32)29-23-10-7-8-18(3)19(23)4/h5-13,16-17,29H,14-15H2,1-4H3,(H,28,30). The highest BCUT2D eigenvalue weighted by molar-refractivity contribution is 7.92. The lowest BCUT2D eigenvalue weighted by Crippen LogP contribution is -2.28. The number of carbonyl (C=O) groups excluding carboxylic acids is 1. The SMILES string of the molecule is Cc1cccc(NS(=O)(=O)c2cc(C(=O)NCCOc3ccccc3C(C)C)ccc2Cl)c1C. The quantitative estimate of drug-likeness (QED) is 0.370. The van der Waals surface area contributed by atoms with E-state index in [0.29, 0.717) is 11.6 Å². The van der Waals surface area contributed by atoms with Crippen molar-refractivity contribution in [1.82, 2.24) is 5.32 Å². The number of rotatable bonds is 9. The van der Waals surface area contributed by atoms with E-state index in [4.69, 9.17) is 16.3 Å². The monoisotopic (exact) mass is 500 g/mol. The first-order valence-electron chi connectivity index (χ1n) is 11.0. The molecule has 2 N–H and O–H groups in total. The normalized spacial score (nSPS) is 11.4. The first kappa shape index (κ1) is 25.6. The second kappa shape index (κ2) is 10.9. The molecular weight excluding hydrogens is 472 g/mol. The molecule has 0 heterocycles. The van der Waals surface area contributed by atoms with Gasteiger partial charge in [0.1, 0.15) is 17.3 Å². The summed E-state index contributed by atoms with van der Waals surface area (Å²) in [5.74, 6) is 0.683. The van der Waals surface area contributed by atoms with Gasteiger partial charge in [0.15, 0.2) is 0 Å². The van der Waals surface area contributed by atoms with Crippen molar-refractivity contribution >= 4 is 33.2 Å². The number of hydrogen-bond donors (Lipinski definition) is 2. The number of carbonyl (C=O) groups is 1. The number of sulfonamides is 1. The van der Waals surface area contributed by atoms with Crippen LogP contribution in [0.25, 0.3) is 0 Å². The summed E-state index contributed by atoms with van der Waals surface area (Å²) in [5.41, 5.74) is 3.52. The van der Waals surface area contributed by atoms with Crippen molar-refractivity contribution in [3.8, 4) is 5.75 Å². The van der Waals surface area contributed by atoms with Gasteiger partial charge < -0.3 is 10.1 Å². The second-order valence-corrected chi connectivity index (χ2v) is 10.4. The van der Waals surface area contributed by atoms with E-state index < -0.39 is 15.9 Å². The maximum absolute atomic E-state index is 13.0. The van der Waals surface area contributed by atoms with Crippen molar-refractivity contribution in [2.45, 2.75) is 38.5 Å². The summed E-state index contributed by atoms with van der Waals surface area (Å²) in [7, 11) is -4.00. The van der Waals surface area contributed by atoms with Crippen molar-refractivity contribution < 1.29 is 17.9 Å². The Kier molecular flexibility index (Phi) is 8.23. The molecule has 0 saturated carbocycles. The Hall–Kier alpha value is -3.03.